The van der Waals surface area contributed by atoms with Gasteiger partial charge in [-0.05, 0) is 34.4 Å². The summed E-state index contributed by atoms with van der Waals surface area (Å²) in [6, 6.07) is 13.0. The zero-order chi connectivity index (χ0) is 13.0. The molecule has 0 aliphatic rings. The SMILES string of the molecule is CCC(C)(CC)Cc1cc(-c2ccccc2)cs1. The van der Waals surface area contributed by atoms with E-state index in [0.717, 1.165) is 0 Å². The molecule has 0 aliphatic heterocycles. The van der Waals surface area contributed by atoms with Crippen molar-refractivity contribution in [1.82, 2.24) is 0 Å². The number of hydrogen-bond acceptors (Lipinski definition) is 1. The second-order valence-electron chi connectivity index (χ2n) is 5.36. The van der Waals surface area contributed by atoms with E-state index in [9.17, 15) is 0 Å². The average Bonchev–Trinajstić information content (AvgIpc) is 2.88. The highest BCUT2D eigenvalue weighted by molar-refractivity contribution is 7.10. The average molecular weight is 258 g/mol. The van der Waals surface area contributed by atoms with Crippen LogP contribution in [0.1, 0.15) is 38.5 Å². The minimum atomic E-state index is 0.457. The van der Waals surface area contributed by atoms with Gasteiger partial charge in [-0.2, -0.15) is 0 Å². The van der Waals surface area contributed by atoms with Gasteiger partial charge in [0.15, 0.2) is 0 Å². The Hall–Kier alpha value is -1.08. The summed E-state index contributed by atoms with van der Waals surface area (Å²) in [5, 5.41) is 2.29. The third-order valence-electron chi connectivity index (χ3n) is 4.07. The zero-order valence-corrected chi connectivity index (χ0v) is 12.4. The molecule has 18 heavy (non-hydrogen) atoms. The minimum absolute atomic E-state index is 0.457. The third kappa shape index (κ3) is 3.02. The highest BCUT2D eigenvalue weighted by atomic mass is 32.1. The maximum atomic E-state index is 2.40. The van der Waals surface area contributed by atoms with Crippen LogP contribution >= 0.6 is 11.3 Å². The van der Waals surface area contributed by atoms with Gasteiger partial charge in [0, 0.05) is 4.88 Å². The van der Waals surface area contributed by atoms with Gasteiger partial charge >= 0.3 is 0 Å². The lowest BCUT2D eigenvalue weighted by atomic mass is 9.81. The first kappa shape index (κ1) is 13.4. The van der Waals surface area contributed by atoms with Crippen molar-refractivity contribution < 1.29 is 0 Å². The molecule has 96 valence electrons. The summed E-state index contributed by atoms with van der Waals surface area (Å²) in [5.41, 5.74) is 3.15. The number of benzene rings is 1. The van der Waals surface area contributed by atoms with E-state index < -0.39 is 0 Å². The normalized spacial score (nSPS) is 11.7. The van der Waals surface area contributed by atoms with Gasteiger partial charge in [0.2, 0.25) is 0 Å². The van der Waals surface area contributed by atoms with Crippen LogP contribution < -0.4 is 0 Å². The summed E-state index contributed by atoms with van der Waals surface area (Å²) in [5.74, 6) is 0. The van der Waals surface area contributed by atoms with Crippen LogP contribution in [-0.4, -0.2) is 0 Å². The Morgan fingerprint density at radius 2 is 1.67 bits per heavy atom. The molecule has 0 saturated carbocycles. The van der Waals surface area contributed by atoms with Crippen molar-refractivity contribution in [2.45, 2.75) is 40.0 Å². The Labute approximate surface area is 115 Å². The fraction of sp³-hybridized carbons (Fsp3) is 0.412. The maximum Gasteiger partial charge on any atom is 0.00570 e. The van der Waals surface area contributed by atoms with Crippen LogP contribution in [-0.2, 0) is 6.42 Å². The predicted octanol–water partition coefficient (Wildman–Crippen LogP) is 5.78. The highest BCUT2D eigenvalue weighted by Crippen LogP contribution is 2.34. The fourth-order valence-electron chi connectivity index (χ4n) is 2.18. The summed E-state index contributed by atoms with van der Waals surface area (Å²) >= 11 is 1.90. The van der Waals surface area contributed by atoms with E-state index in [1.165, 1.54) is 35.3 Å². The quantitative estimate of drug-likeness (QED) is 0.637. The molecule has 0 spiro atoms. The van der Waals surface area contributed by atoms with Gasteiger partial charge in [-0.25, -0.2) is 0 Å². The van der Waals surface area contributed by atoms with Crippen molar-refractivity contribution in [3.8, 4) is 11.1 Å². The Kier molecular flexibility index (Phi) is 4.23. The zero-order valence-electron chi connectivity index (χ0n) is 11.6. The molecule has 0 radical (unpaired) electrons. The van der Waals surface area contributed by atoms with Crippen molar-refractivity contribution in [2.24, 2.45) is 5.41 Å². The minimum Gasteiger partial charge on any atom is -0.148 e. The molecular formula is C17H22S. The second-order valence-corrected chi connectivity index (χ2v) is 6.36. The van der Waals surface area contributed by atoms with Crippen LogP contribution in [0.2, 0.25) is 0 Å². The van der Waals surface area contributed by atoms with E-state index in [1.807, 2.05) is 11.3 Å². The monoisotopic (exact) mass is 258 g/mol. The molecule has 2 rings (SSSR count). The van der Waals surface area contributed by atoms with E-state index >= 15 is 0 Å². The molecule has 1 aromatic heterocycles. The van der Waals surface area contributed by atoms with Crippen molar-refractivity contribution >= 4 is 11.3 Å². The van der Waals surface area contributed by atoms with Gasteiger partial charge in [0.05, 0.1) is 0 Å². The number of thiophene rings is 1. The van der Waals surface area contributed by atoms with E-state index in [-0.39, 0.29) is 0 Å². The van der Waals surface area contributed by atoms with E-state index in [1.54, 1.807) is 0 Å². The van der Waals surface area contributed by atoms with Crippen molar-refractivity contribution in [3.05, 3.63) is 46.7 Å². The molecule has 0 bridgehead atoms. The number of hydrogen-bond donors (Lipinski definition) is 0. The van der Waals surface area contributed by atoms with Crippen molar-refractivity contribution in [3.63, 3.8) is 0 Å². The summed E-state index contributed by atoms with van der Waals surface area (Å²) in [4.78, 5) is 1.51. The molecule has 0 fully saturated rings. The van der Waals surface area contributed by atoms with E-state index in [0.29, 0.717) is 5.41 Å². The van der Waals surface area contributed by atoms with E-state index in [2.05, 4.69) is 62.5 Å². The Morgan fingerprint density at radius 1 is 1.00 bits per heavy atom. The molecule has 0 aliphatic carbocycles. The van der Waals surface area contributed by atoms with Crippen LogP contribution in [0.4, 0.5) is 0 Å². The molecule has 1 heterocycles. The molecule has 0 nitrogen and oxygen atoms in total. The molecule has 0 amide bonds. The van der Waals surface area contributed by atoms with Crippen molar-refractivity contribution in [2.75, 3.05) is 0 Å². The summed E-state index contributed by atoms with van der Waals surface area (Å²) < 4.78 is 0. The van der Waals surface area contributed by atoms with Gasteiger partial charge in [-0.15, -0.1) is 11.3 Å². The van der Waals surface area contributed by atoms with Gasteiger partial charge in [-0.3, -0.25) is 0 Å². The first-order chi connectivity index (χ1) is 8.67. The van der Waals surface area contributed by atoms with Crippen molar-refractivity contribution in [1.29, 1.82) is 0 Å². The lowest BCUT2D eigenvalue weighted by Gasteiger charge is -2.25. The smallest absolute Gasteiger partial charge is 0.00570 e. The highest BCUT2D eigenvalue weighted by Gasteiger charge is 2.20. The Morgan fingerprint density at radius 3 is 2.28 bits per heavy atom. The lowest BCUT2D eigenvalue weighted by Crippen LogP contribution is -2.16. The Balaban J connectivity index is 2.16. The third-order valence-corrected chi connectivity index (χ3v) is 5.01. The molecule has 0 saturated heterocycles. The standard InChI is InChI=1S/C17H22S/c1-4-17(3,5-2)12-16-11-15(13-18-16)14-9-7-6-8-10-14/h6-11,13H,4-5,12H2,1-3H3. The van der Waals surface area contributed by atoms with E-state index in [4.69, 9.17) is 0 Å². The van der Waals surface area contributed by atoms with Crippen LogP contribution in [0.5, 0.6) is 0 Å². The largest absolute Gasteiger partial charge is 0.148 e. The molecular weight excluding hydrogens is 236 g/mol. The number of rotatable bonds is 5. The van der Waals surface area contributed by atoms with Crippen LogP contribution in [0.25, 0.3) is 11.1 Å². The predicted molar refractivity (Wildman–Crippen MR) is 82.1 cm³/mol. The first-order valence-electron chi connectivity index (χ1n) is 6.79. The second kappa shape index (κ2) is 5.71. The summed E-state index contributed by atoms with van der Waals surface area (Å²) in [7, 11) is 0. The van der Waals surface area contributed by atoms with Crippen LogP contribution in [0, 0.1) is 5.41 Å². The maximum absolute atomic E-state index is 2.40. The van der Waals surface area contributed by atoms with Gasteiger partial charge in [0.25, 0.3) is 0 Å². The molecule has 1 heteroatoms. The fourth-order valence-corrected chi connectivity index (χ4v) is 3.29. The molecule has 0 N–H and O–H groups in total. The molecule has 1 aromatic carbocycles. The van der Waals surface area contributed by atoms with Crippen LogP contribution in [0.3, 0.4) is 0 Å². The molecule has 0 atom stereocenters. The Bertz CT molecular complexity index is 477. The molecule has 2 aromatic rings. The van der Waals surface area contributed by atoms with Crippen LogP contribution in [0.15, 0.2) is 41.8 Å². The first-order valence-corrected chi connectivity index (χ1v) is 7.67. The summed E-state index contributed by atoms with van der Waals surface area (Å²) in [6.07, 6.45) is 3.71. The molecule has 0 unspecified atom stereocenters. The van der Waals surface area contributed by atoms with Gasteiger partial charge in [0.1, 0.15) is 0 Å². The van der Waals surface area contributed by atoms with Gasteiger partial charge in [-0.1, -0.05) is 63.9 Å². The van der Waals surface area contributed by atoms with Gasteiger partial charge < -0.3 is 0 Å². The topological polar surface area (TPSA) is 0 Å². The summed E-state index contributed by atoms with van der Waals surface area (Å²) in [6.45, 7) is 7.00. The lowest BCUT2D eigenvalue weighted by molar-refractivity contribution is 0.298.